The zero-order valence-corrected chi connectivity index (χ0v) is 19.1. The van der Waals surface area contributed by atoms with Crippen molar-refractivity contribution in [2.45, 2.75) is 24.2 Å². The molecule has 168 valence electrons. The maximum Gasteiger partial charge on any atom is 0.274 e. The normalized spacial score (nSPS) is 15.6. The van der Waals surface area contributed by atoms with Crippen LogP contribution < -0.4 is 15.0 Å². The monoisotopic (exact) mass is 461 g/mol. The Kier molecular flexibility index (Phi) is 5.73. The summed E-state index contributed by atoms with van der Waals surface area (Å²) in [6.07, 6.45) is 6.12. The van der Waals surface area contributed by atoms with Crippen LogP contribution in [0.2, 0.25) is 0 Å². The van der Waals surface area contributed by atoms with Crippen LogP contribution in [-0.2, 0) is 6.42 Å². The molecule has 0 aliphatic carbocycles. The molecule has 5 rings (SSSR count). The summed E-state index contributed by atoms with van der Waals surface area (Å²) >= 11 is 1.27. The summed E-state index contributed by atoms with van der Waals surface area (Å²) < 4.78 is 12.3. The molecule has 33 heavy (non-hydrogen) atoms. The molecular weight excluding hydrogens is 438 g/mol. The molecule has 0 atom stereocenters. The largest absolute Gasteiger partial charge is 0.454 e. The van der Waals surface area contributed by atoms with E-state index in [1.54, 1.807) is 30.7 Å². The highest BCUT2D eigenvalue weighted by Gasteiger charge is 2.29. The number of likely N-dealkylation sites (tertiary alicyclic amines) is 1. The van der Waals surface area contributed by atoms with Crippen molar-refractivity contribution in [3.05, 3.63) is 69.6 Å². The lowest BCUT2D eigenvalue weighted by atomic mass is 9.89. The molecule has 2 aliphatic heterocycles. The number of pyridine rings is 2. The number of ether oxygens (including phenoxy) is 2. The number of nitriles is 1. The molecule has 0 bridgehead atoms. The van der Waals surface area contributed by atoms with Gasteiger partial charge in [-0.2, -0.15) is 5.26 Å². The second-order valence-corrected chi connectivity index (χ2v) is 9.10. The summed E-state index contributed by atoms with van der Waals surface area (Å²) in [7, 11) is 0. The number of hydrogen-bond acceptors (Lipinski definition) is 6. The summed E-state index contributed by atoms with van der Waals surface area (Å²) in [5, 5.41) is 9.62. The molecule has 0 spiro atoms. The molecule has 0 N–H and O–H groups in total. The van der Waals surface area contributed by atoms with Crippen molar-refractivity contribution in [2.75, 3.05) is 26.1 Å². The number of carbonyl (C=O) groups is 1. The Morgan fingerprint density at radius 3 is 2.73 bits per heavy atom. The van der Waals surface area contributed by atoms with Gasteiger partial charge in [0.25, 0.3) is 11.5 Å². The van der Waals surface area contributed by atoms with Gasteiger partial charge in [0.2, 0.25) is 6.79 Å². The van der Waals surface area contributed by atoms with Crippen molar-refractivity contribution in [3.63, 3.8) is 0 Å². The third-order valence-electron chi connectivity index (χ3n) is 6.40. The van der Waals surface area contributed by atoms with Gasteiger partial charge in [-0.25, -0.2) is 0 Å². The first-order chi connectivity index (χ1) is 16.1. The van der Waals surface area contributed by atoms with Gasteiger partial charge < -0.3 is 14.4 Å². The molecule has 2 aliphatic rings. The fraction of sp³-hybridized carbons (Fsp3) is 0.320. The number of hydrogen-bond donors (Lipinski definition) is 0. The fourth-order valence-electron chi connectivity index (χ4n) is 4.69. The van der Waals surface area contributed by atoms with E-state index in [-0.39, 0.29) is 18.3 Å². The Balaban J connectivity index is 1.37. The van der Waals surface area contributed by atoms with Gasteiger partial charge in [0.05, 0.1) is 11.1 Å². The van der Waals surface area contributed by atoms with E-state index in [2.05, 4.69) is 6.07 Å². The van der Waals surface area contributed by atoms with E-state index in [9.17, 15) is 14.9 Å². The van der Waals surface area contributed by atoms with Crippen LogP contribution in [0.25, 0.3) is 5.52 Å². The van der Waals surface area contributed by atoms with Crippen molar-refractivity contribution in [2.24, 2.45) is 5.92 Å². The van der Waals surface area contributed by atoms with Crippen LogP contribution in [-0.4, -0.2) is 41.3 Å². The van der Waals surface area contributed by atoms with Gasteiger partial charge in [0.15, 0.2) is 11.5 Å². The Labute approximate surface area is 195 Å². The van der Waals surface area contributed by atoms with Gasteiger partial charge in [-0.1, -0.05) is 12.1 Å². The van der Waals surface area contributed by atoms with Crippen LogP contribution >= 0.6 is 11.8 Å². The van der Waals surface area contributed by atoms with Crippen LogP contribution in [0, 0.1) is 17.2 Å². The number of benzene rings is 1. The fourth-order valence-corrected chi connectivity index (χ4v) is 5.42. The standard InChI is InChI=1S/C25H23N3O4S/c1-33-23-18(14-26)24(29)28-9-3-2-4-19(28)22(23)25(30)27-10-7-16(8-11-27)12-17-5-6-20-21(13-17)32-15-31-20/h2-6,9,13,16H,7-8,10-12,15H2,1H3. The molecule has 3 aromatic rings. The molecule has 0 saturated carbocycles. The number of nitrogens with zero attached hydrogens (tertiary/aromatic N) is 3. The number of rotatable bonds is 4. The quantitative estimate of drug-likeness (QED) is 0.551. The van der Waals surface area contributed by atoms with Gasteiger partial charge in [-0.05, 0) is 61.3 Å². The van der Waals surface area contributed by atoms with Gasteiger partial charge in [-0.3, -0.25) is 14.0 Å². The summed E-state index contributed by atoms with van der Waals surface area (Å²) in [6.45, 7) is 1.55. The lowest BCUT2D eigenvalue weighted by molar-refractivity contribution is 0.0688. The third kappa shape index (κ3) is 3.83. The molecule has 1 fully saturated rings. The Hall–Kier alpha value is -3.44. The van der Waals surface area contributed by atoms with E-state index < -0.39 is 5.56 Å². The highest BCUT2D eigenvalue weighted by atomic mass is 32.2. The summed E-state index contributed by atoms with van der Waals surface area (Å²) in [5.74, 6) is 1.93. The van der Waals surface area contributed by atoms with Crippen LogP contribution in [0.4, 0.5) is 0 Å². The maximum atomic E-state index is 13.6. The van der Waals surface area contributed by atoms with Gasteiger partial charge in [0, 0.05) is 24.2 Å². The minimum absolute atomic E-state index is 0.0206. The predicted octanol–water partition coefficient (Wildman–Crippen LogP) is 3.72. The first-order valence-electron chi connectivity index (χ1n) is 10.9. The Morgan fingerprint density at radius 2 is 1.97 bits per heavy atom. The number of piperidine rings is 1. The smallest absolute Gasteiger partial charge is 0.274 e. The minimum atomic E-state index is -0.392. The van der Waals surface area contributed by atoms with Crippen molar-refractivity contribution in [3.8, 4) is 17.6 Å². The molecule has 1 amide bonds. The molecule has 1 aromatic carbocycles. The van der Waals surface area contributed by atoms with Gasteiger partial charge >= 0.3 is 0 Å². The minimum Gasteiger partial charge on any atom is -0.454 e. The molecule has 4 heterocycles. The van der Waals surface area contributed by atoms with E-state index in [4.69, 9.17) is 9.47 Å². The Morgan fingerprint density at radius 1 is 1.18 bits per heavy atom. The lowest BCUT2D eigenvalue weighted by Crippen LogP contribution is -2.40. The average Bonchev–Trinajstić information content (AvgIpc) is 3.32. The Bertz CT molecular complexity index is 1340. The van der Waals surface area contributed by atoms with Crippen molar-refractivity contribution >= 4 is 23.2 Å². The first-order valence-corrected chi connectivity index (χ1v) is 12.1. The van der Waals surface area contributed by atoms with Gasteiger partial charge in [0.1, 0.15) is 11.6 Å². The van der Waals surface area contributed by atoms with Gasteiger partial charge in [-0.15, -0.1) is 11.8 Å². The molecular formula is C25H23N3O4S. The molecule has 7 nitrogen and oxygen atoms in total. The number of fused-ring (bicyclic) bond motifs is 2. The first kappa shape index (κ1) is 21.4. The predicted molar refractivity (Wildman–Crippen MR) is 125 cm³/mol. The van der Waals surface area contributed by atoms with E-state index in [0.29, 0.717) is 35.0 Å². The molecule has 0 radical (unpaired) electrons. The highest BCUT2D eigenvalue weighted by molar-refractivity contribution is 7.98. The summed E-state index contributed by atoms with van der Waals surface area (Å²) in [4.78, 5) is 28.7. The number of aromatic nitrogens is 1. The van der Waals surface area contributed by atoms with E-state index in [1.165, 1.54) is 21.7 Å². The van der Waals surface area contributed by atoms with Crippen LogP contribution in [0.3, 0.4) is 0 Å². The summed E-state index contributed by atoms with van der Waals surface area (Å²) in [6, 6.07) is 13.4. The van der Waals surface area contributed by atoms with Crippen LogP contribution in [0.1, 0.15) is 34.3 Å². The van der Waals surface area contributed by atoms with Crippen LogP contribution in [0.5, 0.6) is 11.5 Å². The van der Waals surface area contributed by atoms with E-state index >= 15 is 0 Å². The SMILES string of the molecule is CSc1c(C#N)c(=O)n2ccccc2c1C(=O)N1CCC(Cc2ccc3c(c2)OCO3)CC1. The number of carbonyl (C=O) groups excluding carboxylic acids is 1. The van der Waals surface area contributed by atoms with Crippen LogP contribution in [0.15, 0.2) is 52.3 Å². The summed E-state index contributed by atoms with van der Waals surface area (Å²) in [5.41, 5.74) is 1.82. The zero-order chi connectivity index (χ0) is 22.9. The van der Waals surface area contributed by atoms with Crippen molar-refractivity contribution in [1.29, 1.82) is 5.26 Å². The van der Waals surface area contributed by atoms with E-state index in [1.807, 2.05) is 23.1 Å². The average molecular weight is 462 g/mol. The van der Waals surface area contributed by atoms with E-state index in [0.717, 1.165) is 30.8 Å². The molecule has 1 saturated heterocycles. The molecule has 8 heteroatoms. The molecule has 0 unspecified atom stereocenters. The lowest BCUT2D eigenvalue weighted by Gasteiger charge is -2.33. The number of amides is 1. The third-order valence-corrected chi connectivity index (χ3v) is 7.21. The van der Waals surface area contributed by atoms with Crippen molar-refractivity contribution in [1.82, 2.24) is 9.30 Å². The number of thioether (sulfide) groups is 1. The van der Waals surface area contributed by atoms with Crippen molar-refractivity contribution < 1.29 is 14.3 Å². The molecule has 2 aromatic heterocycles. The second-order valence-electron chi connectivity index (χ2n) is 8.28. The topological polar surface area (TPSA) is 84.0 Å². The maximum absolute atomic E-state index is 13.6. The second kappa shape index (κ2) is 8.83. The highest BCUT2D eigenvalue weighted by Crippen LogP contribution is 2.34. The zero-order valence-electron chi connectivity index (χ0n) is 18.2.